The number of halogens is 1. The highest BCUT2D eigenvalue weighted by Gasteiger charge is 2.66. The maximum Gasteiger partial charge on any atom is 0.412 e. The van der Waals surface area contributed by atoms with Crippen LogP contribution in [0.4, 0.5) is 14.9 Å². The quantitative estimate of drug-likeness (QED) is 0.668. The van der Waals surface area contributed by atoms with Crippen LogP contribution in [0.3, 0.4) is 0 Å². The number of methoxy groups -OCH3 is 2. The van der Waals surface area contributed by atoms with Gasteiger partial charge >= 0.3 is 12.1 Å². The first-order valence-electron chi connectivity index (χ1n) is 9.53. The van der Waals surface area contributed by atoms with Crippen LogP contribution in [-0.2, 0) is 24.3 Å². The highest BCUT2D eigenvalue weighted by molar-refractivity contribution is 7.92. The van der Waals surface area contributed by atoms with Gasteiger partial charge in [0.25, 0.3) is 10.0 Å². The third kappa shape index (κ3) is 2.88. The number of esters is 1. The van der Waals surface area contributed by atoms with E-state index in [1.807, 2.05) is 0 Å². The summed E-state index contributed by atoms with van der Waals surface area (Å²) in [5, 5.41) is 0. The summed E-state index contributed by atoms with van der Waals surface area (Å²) in [5.74, 6) is -1.62. The minimum atomic E-state index is -4.16. The number of hydrogen-bond acceptors (Lipinski definition) is 6. The van der Waals surface area contributed by atoms with E-state index in [2.05, 4.69) is 0 Å². The maximum absolute atomic E-state index is 14.4. The lowest BCUT2D eigenvalue weighted by Gasteiger charge is -2.39. The van der Waals surface area contributed by atoms with Crippen LogP contribution in [-0.4, -0.2) is 58.0 Å². The SMILES string of the molecule is COC(=O)N1[C@H]2[C@@H](C[C@]1(CF)C(=O)OC)c1ccccc1N2S(=O)(=O)c1ccccc1. The Labute approximate surface area is 179 Å². The Morgan fingerprint density at radius 2 is 1.71 bits per heavy atom. The van der Waals surface area contributed by atoms with Gasteiger partial charge in [-0.1, -0.05) is 36.4 Å². The zero-order valence-corrected chi connectivity index (χ0v) is 17.7. The lowest BCUT2D eigenvalue weighted by atomic mass is 9.89. The fraction of sp³-hybridized carbons (Fsp3) is 0.333. The van der Waals surface area contributed by atoms with Crippen molar-refractivity contribution in [2.24, 2.45) is 0 Å². The number of carbonyl (C=O) groups is 2. The van der Waals surface area contributed by atoms with Crippen molar-refractivity contribution in [1.29, 1.82) is 0 Å². The van der Waals surface area contributed by atoms with E-state index < -0.39 is 46.4 Å². The second-order valence-corrected chi connectivity index (χ2v) is 9.21. The first-order chi connectivity index (χ1) is 14.8. The number of fused-ring (bicyclic) bond motifs is 3. The first kappa shape index (κ1) is 21.1. The molecule has 0 radical (unpaired) electrons. The monoisotopic (exact) mass is 448 g/mol. The molecule has 1 saturated heterocycles. The predicted molar refractivity (Wildman–Crippen MR) is 109 cm³/mol. The van der Waals surface area contributed by atoms with Gasteiger partial charge in [-0.3, -0.25) is 4.90 Å². The Balaban J connectivity index is 1.97. The van der Waals surface area contributed by atoms with Gasteiger partial charge in [0.2, 0.25) is 0 Å². The predicted octanol–water partition coefficient (Wildman–Crippen LogP) is 2.66. The maximum atomic E-state index is 14.4. The molecule has 31 heavy (non-hydrogen) atoms. The molecule has 2 heterocycles. The number of para-hydroxylation sites is 1. The molecule has 2 aromatic rings. The van der Waals surface area contributed by atoms with Crippen molar-refractivity contribution in [3.05, 3.63) is 60.2 Å². The van der Waals surface area contributed by atoms with Gasteiger partial charge in [0.15, 0.2) is 5.54 Å². The highest BCUT2D eigenvalue weighted by Crippen LogP contribution is 2.55. The highest BCUT2D eigenvalue weighted by atomic mass is 32.2. The second kappa shape index (κ2) is 7.52. The topological polar surface area (TPSA) is 93.2 Å². The van der Waals surface area contributed by atoms with E-state index in [0.717, 1.165) is 23.4 Å². The van der Waals surface area contributed by atoms with Crippen molar-refractivity contribution >= 4 is 27.8 Å². The van der Waals surface area contributed by atoms with E-state index in [1.165, 1.54) is 12.1 Å². The summed E-state index contributed by atoms with van der Waals surface area (Å²) in [7, 11) is -1.98. The number of carbonyl (C=O) groups excluding carboxylic acids is 2. The van der Waals surface area contributed by atoms with Crippen molar-refractivity contribution < 1.29 is 31.9 Å². The van der Waals surface area contributed by atoms with Gasteiger partial charge in [0.05, 0.1) is 24.8 Å². The normalized spacial score (nSPS) is 24.5. The average molecular weight is 448 g/mol. The zero-order valence-electron chi connectivity index (χ0n) is 16.9. The fourth-order valence-corrected chi connectivity index (χ4v) is 6.27. The summed E-state index contributed by atoms with van der Waals surface area (Å²) in [6.45, 7) is -1.25. The first-order valence-corrected chi connectivity index (χ1v) is 11.0. The van der Waals surface area contributed by atoms with E-state index in [-0.39, 0.29) is 11.3 Å². The van der Waals surface area contributed by atoms with Gasteiger partial charge in [0, 0.05) is 5.92 Å². The van der Waals surface area contributed by atoms with Crippen LogP contribution in [0, 0.1) is 0 Å². The Morgan fingerprint density at radius 3 is 2.32 bits per heavy atom. The lowest BCUT2D eigenvalue weighted by molar-refractivity contribution is -0.154. The number of nitrogens with zero attached hydrogens (tertiary/aromatic N) is 2. The molecule has 4 rings (SSSR count). The number of rotatable bonds is 4. The molecule has 0 spiro atoms. The van der Waals surface area contributed by atoms with Crippen LogP contribution >= 0.6 is 0 Å². The molecule has 0 saturated carbocycles. The Hall–Kier alpha value is -3.14. The number of alkyl halides is 1. The van der Waals surface area contributed by atoms with Crippen LogP contribution < -0.4 is 4.31 Å². The number of ether oxygens (including phenoxy) is 2. The smallest absolute Gasteiger partial charge is 0.412 e. The molecule has 2 aromatic carbocycles. The molecule has 2 aliphatic rings. The van der Waals surface area contributed by atoms with Crippen molar-refractivity contribution in [2.45, 2.75) is 28.9 Å². The van der Waals surface area contributed by atoms with Gasteiger partial charge in [-0.15, -0.1) is 0 Å². The number of benzene rings is 2. The minimum absolute atomic E-state index is 0.00563. The van der Waals surface area contributed by atoms with Crippen LogP contribution in [0.25, 0.3) is 0 Å². The number of anilines is 1. The summed E-state index contributed by atoms with van der Waals surface area (Å²) in [5.41, 5.74) is -1.04. The molecular formula is C21H21FN2O6S. The molecule has 0 bridgehead atoms. The van der Waals surface area contributed by atoms with Crippen LogP contribution in [0.5, 0.6) is 0 Å². The number of amides is 1. The molecule has 1 amide bonds. The molecular weight excluding hydrogens is 427 g/mol. The molecule has 10 heteroatoms. The largest absolute Gasteiger partial charge is 0.467 e. The van der Waals surface area contributed by atoms with Crippen molar-refractivity contribution in [3.8, 4) is 0 Å². The number of hydrogen-bond donors (Lipinski definition) is 0. The van der Waals surface area contributed by atoms with Crippen molar-refractivity contribution in [1.82, 2.24) is 4.90 Å². The average Bonchev–Trinajstić information content (AvgIpc) is 3.30. The number of likely N-dealkylation sites (tertiary alicyclic amines) is 1. The Kier molecular flexibility index (Phi) is 5.12. The van der Waals surface area contributed by atoms with Gasteiger partial charge in [-0.05, 0) is 30.2 Å². The molecule has 0 aliphatic carbocycles. The van der Waals surface area contributed by atoms with Crippen LogP contribution in [0.2, 0.25) is 0 Å². The van der Waals surface area contributed by atoms with E-state index in [0.29, 0.717) is 11.3 Å². The van der Waals surface area contributed by atoms with E-state index in [4.69, 9.17) is 9.47 Å². The molecule has 164 valence electrons. The van der Waals surface area contributed by atoms with Crippen LogP contribution in [0.1, 0.15) is 17.9 Å². The molecule has 8 nitrogen and oxygen atoms in total. The number of sulfonamides is 1. The van der Waals surface area contributed by atoms with Gasteiger partial charge in [0.1, 0.15) is 12.8 Å². The molecule has 3 atom stereocenters. The summed E-state index contributed by atoms with van der Waals surface area (Å²) in [4.78, 5) is 26.4. The van der Waals surface area contributed by atoms with E-state index >= 15 is 0 Å². The molecule has 2 aliphatic heterocycles. The molecule has 0 unspecified atom stereocenters. The van der Waals surface area contributed by atoms with Crippen LogP contribution in [0.15, 0.2) is 59.5 Å². The fourth-order valence-electron chi connectivity index (χ4n) is 4.59. The van der Waals surface area contributed by atoms with Gasteiger partial charge < -0.3 is 9.47 Å². The van der Waals surface area contributed by atoms with E-state index in [1.54, 1.807) is 42.5 Å². The third-order valence-corrected chi connectivity index (χ3v) is 7.71. The molecule has 0 N–H and O–H groups in total. The van der Waals surface area contributed by atoms with Crippen molar-refractivity contribution in [3.63, 3.8) is 0 Å². The van der Waals surface area contributed by atoms with Gasteiger partial charge in [-0.25, -0.2) is 26.7 Å². The third-order valence-electron chi connectivity index (χ3n) is 5.91. The lowest BCUT2D eigenvalue weighted by Crippen LogP contribution is -2.61. The standard InChI is InChI=1S/C21H21FN2O6S/c1-29-19(25)21(13-22)12-16-15-10-6-7-11-17(15)24(18(16)23(21)20(26)30-2)31(27,28)14-8-4-3-5-9-14/h3-11,16,18H,12-13H2,1-2H3/t16-,18+,21-/m0/s1. The summed E-state index contributed by atoms with van der Waals surface area (Å²) in [6, 6.07) is 14.5. The summed E-state index contributed by atoms with van der Waals surface area (Å²) >= 11 is 0. The van der Waals surface area contributed by atoms with Crippen molar-refractivity contribution in [2.75, 3.05) is 25.2 Å². The Bertz CT molecular complexity index is 1130. The van der Waals surface area contributed by atoms with Gasteiger partial charge in [-0.2, -0.15) is 0 Å². The summed E-state index contributed by atoms with van der Waals surface area (Å²) in [6.07, 6.45) is -2.35. The summed E-state index contributed by atoms with van der Waals surface area (Å²) < 4.78 is 52.5. The Morgan fingerprint density at radius 1 is 1.06 bits per heavy atom. The second-order valence-electron chi connectivity index (χ2n) is 7.39. The van der Waals surface area contributed by atoms with E-state index in [9.17, 15) is 22.4 Å². The molecule has 0 aromatic heterocycles. The molecule has 1 fully saturated rings. The minimum Gasteiger partial charge on any atom is -0.467 e. The zero-order chi connectivity index (χ0) is 22.4.